The van der Waals surface area contributed by atoms with Crippen LogP contribution in [0.15, 0.2) is 54.6 Å². The summed E-state index contributed by atoms with van der Waals surface area (Å²) in [5.74, 6) is -1.01. The van der Waals surface area contributed by atoms with Gasteiger partial charge in [0, 0.05) is 23.7 Å². The van der Waals surface area contributed by atoms with E-state index in [1.54, 1.807) is 0 Å². The molecule has 5 fully saturated rings. The molecule has 0 N–H and O–H groups in total. The molecule has 0 aliphatic heterocycles. The zero-order valence-corrected chi connectivity index (χ0v) is 23.8. The van der Waals surface area contributed by atoms with Crippen molar-refractivity contribution in [3.05, 3.63) is 60.2 Å². The first-order valence-corrected chi connectivity index (χ1v) is 16.0. The third-order valence-electron chi connectivity index (χ3n) is 12.1. The number of carbonyl (C=O) groups is 4. The average Bonchev–Trinajstić information content (AvgIpc) is 2.98. The number of carbonyl (C=O) groups excluding carboxylic acids is 4. The molecule has 4 unspecified atom stereocenters. The highest BCUT2D eigenvalue weighted by Crippen LogP contribution is 2.60. The van der Waals surface area contributed by atoms with Gasteiger partial charge >= 0.3 is 0 Å². The van der Waals surface area contributed by atoms with Gasteiger partial charge in [0.1, 0.15) is 17.5 Å². The maximum Gasteiger partial charge on any atom is 0.151 e. The number of benzene rings is 3. The van der Waals surface area contributed by atoms with E-state index in [4.69, 9.17) is 0 Å². The molecule has 8 rings (SSSR count). The summed E-state index contributed by atoms with van der Waals surface area (Å²) in [5.41, 5.74) is 0.799. The van der Waals surface area contributed by atoms with Crippen LogP contribution >= 0.6 is 0 Å². The minimum absolute atomic E-state index is 0.0266. The van der Waals surface area contributed by atoms with Crippen molar-refractivity contribution in [3.8, 4) is 0 Å². The summed E-state index contributed by atoms with van der Waals surface area (Å²) in [7, 11) is 0. The summed E-state index contributed by atoms with van der Waals surface area (Å²) in [6, 6.07) is 18.6. The minimum atomic E-state index is -0.739. The number of rotatable bonds is 2. The van der Waals surface area contributed by atoms with E-state index in [1.165, 1.54) is 5.39 Å². The molecule has 0 saturated heterocycles. The first-order chi connectivity index (χ1) is 19.9. The second-order valence-corrected chi connectivity index (χ2v) is 14.1. The first kappa shape index (κ1) is 25.6. The Bertz CT molecular complexity index is 1560. The molecule has 5 aliphatic rings. The van der Waals surface area contributed by atoms with Crippen LogP contribution in [0.25, 0.3) is 21.5 Å². The zero-order chi connectivity index (χ0) is 28.0. The van der Waals surface area contributed by atoms with Crippen LogP contribution in [-0.4, -0.2) is 23.1 Å². The largest absolute Gasteiger partial charge is 0.299 e. The van der Waals surface area contributed by atoms with Crippen LogP contribution in [0, 0.1) is 53.3 Å². The summed E-state index contributed by atoms with van der Waals surface area (Å²) in [6.07, 6.45) is 6.87. The normalized spacial score (nSPS) is 38.8. The Kier molecular flexibility index (Phi) is 5.89. The summed E-state index contributed by atoms with van der Waals surface area (Å²) >= 11 is 0. The molecule has 4 heteroatoms. The number of hydrogen-bond acceptors (Lipinski definition) is 4. The van der Waals surface area contributed by atoms with Crippen molar-refractivity contribution in [2.75, 3.05) is 0 Å². The molecular formula is C37H38O4. The maximum atomic E-state index is 14.2. The lowest BCUT2D eigenvalue weighted by Gasteiger charge is -2.57. The van der Waals surface area contributed by atoms with Gasteiger partial charge in [-0.15, -0.1) is 0 Å². The van der Waals surface area contributed by atoms with Crippen LogP contribution in [0.2, 0.25) is 0 Å². The number of Topliss-reactive ketones (excluding diaryl/α,β-unsaturated/α-hetero) is 4. The molecule has 0 bridgehead atoms. The summed E-state index contributed by atoms with van der Waals surface area (Å²) < 4.78 is 0. The number of fused-ring (bicyclic) bond motifs is 2. The highest BCUT2D eigenvalue weighted by molar-refractivity contribution is 6.13. The second-order valence-electron chi connectivity index (χ2n) is 14.1. The minimum Gasteiger partial charge on any atom is -0.299 e. The van der Waals surface area contributed by atoms with Crippen molar-refractivity contribution in [3.63, 3.8) is 0 Å². The van der Waals surface area contributed by atoms with Gasteiger partial charge in [0.05, 0.1) is 5.92 Å². The van der Waals surface area contributed by atoms with Crippen LogP contribution in [-0.2, 0) is 19.2 Å². The van der Waals surface area contributed by atoms with Gasteiger partial charge in [-0.05, 0) is 108 Å². The smallest absolute Gasteiger partial charge is 0.151 e. The van der Waals surface area contributed by atoms with Crippen LogP contribution in [0.3, 0.4) is 0 Å². The topological polar surface area (TPSA) is 68.3 Å². The fourth-order valence-corrected chi connectivity index (χ4v) is 10.2. The molecule has 0 amide bonds. The van der Waals surface area contributed by atoms with Crippen LogP contribution in [0.5, 0.6) is 0 Å². The van der Waals surface area contributed by atoms with Crippen molar-refractivity contribution >= 4 is 44.7 Å². The van der Waals surface area contributed by atoms with Crippen molar-refractivity contribution in [2.45, 2.75) is 64.2 Å². The summed E-state index contributed by atoms with van der Waals surface area (Å²) in [4.78, 5) is 56.3. The molecule has 41 heavy (non-hydrogen) atoms. The molecule has 5 saturated carbocycles. The Balaban J connectivity index is 1.12. The van der Waals surface area contributed by atoms with E-state index in [2.05, 4.69) is 31.2 Å². The van der Waals surface area contributed by atoms with Gasteiger partial charge < -0.3 is 0 Å². The zero-order valence-electron chi connectivity index (χ0n) is 23.8. The lowest BCUT2D eigenvalue weighted by Crippen LogP contribution is -2.62. The Hall–Kier alpha value is -3.14. The third kappa shape index (κ3) is 3.78. The molecule has 4 nitrogen and oxygen atoms in total. The van der Waals surface area contributed by atoms with Crippen molar-refractivity contribution in [1.29, 1.82) is 0 Å². The van der Waals surface area contributed by atoms with Gasteiger partial charge in [-0.3, -0.25) is 19.2 Å². The van der Waals surface area contributed by atoms with Crippen LogP contribution < -0.4 is 0 Å². The molecule has 0 aromatic heterocycles. The molecule has 4 atom stereocenters. The molecule has 0 radical (unpaired) electrons. The van der Waals surface area contributed by atoms with Gasteiger partial charge in [0.2, 0.25) is 0 Å². The SMILES string of the molecule is CC1CCC(C2C(=O)C3CCC4C(=O)C(c5ccc6cc7ccccc7cc6c5)C(=O)C5CCC(C2=O)C3C45)CC1. The van der Waals surface area contributed by atoms with Crippen LogP contribution in [0.1, 0.15) is 69.8 Å². The summed E-state index contributed by atoms with van der Waals surface area (Å²) in [5, 5.41) is 4.46. The monoisotopic (exact) mass is 546 g/mol. The van der Waals surface area contributed by atoms with Gasteiger partial charge in [-0.2, -0.15) is 0 Å². The quantitative estimate of drug-likeness (QED) is 0.254. The molecule has 3 aromatic carbocycles. The van der Waals surface area contributed by atoms with E-state index in [0.717, 1.165) is 47.4 Å². The van der Waals surface area contributed by atoms with E-state index >= 15 is 0 Å². The molecule has 0 heterocycles. The molecule has 0 spiro atoms. The molecule has 210 valence electrons. The Morgan fingerprint density at radius 3 is 1.56 bits per heavy atom. The number of hydrogen-bond donors (Lipinski definition) is 0. The molecular weight excluding hydrogens is 508 g/mol. The van der Waals surface area contributed by atoms with E-state index in [9.17, 15) is 19.2 Å². The van der Waals surface area contributed by atoms with E-state index in [1.807, 2.05) is 30.3 Å². The highest BCUT2D eigenvalue weighted by atomic mass is 16.2. The van der Waals surface area contributed by atoms with Gasteiger partial charge in [-0.1, -0.05) is 56.2 Å². The number of ketones is 4. The Morgan fingerprint density at radius 2 is 1.00 bits per heavy atom. The standard InChI is InChI=1S/C37H38O4/c1-19-6-8-20(9-7-19)30-34(38)26-12-14-28-33-29(15-13-27(32(26)33)35(30)39)37(41)31(36(28)40)24-11-10-23-16-21-4-2-3-5-22(21)17-25(23)18-24/h2-5,10-11,16-20,26-33H,6-9,12-15H2,1H3. The second kappa shape index (κ2) is 9.44. The van der Waals surface area contributed by atoms with Crippen molar-refractivity contribution in [2.24, 2.45) is 53.3 Å². The first-order valence-electron chi connectivity index (χ1n) is 16.0. The van der Waals surface area contributed by atoms with Crippen molar-refractivity contribution < 1.29 is 19.2 Å². The predicted molar refractivity (Wildman–Crippen MR) is 158 cm³/mol. The predicted octanol–water partition coefficient (Wildman–Crippen LogP) is 7.11. The van der Waals surface area contributed by atoms with E-state index < -0.39 is 11.8 Å². The Morgan fingerprint density at radius 1 is 0.512 bits per heavy atom. The lowest BCUT2D eigenvalue weighted by molar-refractivity contribution is -0.170. The molecule has 3 aromatic rings. The third-order valence-corrected chi connectivity index (χ3v) is 12.1. The van der Waals surface area contributed by atoms with Gasteiger partial charge in [0.15, 0.2) is 11.6 Å². The fraction of sp³-hybridized carbons (Fsp3) is 0.514. The summed E-state index contributed by atoms with van der Waals surface area (Å²) in [6.45, 7) is 2.27. The highest BCUT2D eigenvalue weighted by Gasteiger charge is 2.64. The maximum absolute atomic E-state index is 14.2. The Labute approximate surface area is 241 Å². The van der Waals surface area contributed by atoms with Gasteiger partial charge in [-0.25, -0.2) is 0 Å². The molecule has 5 aliphatic carbocycles. The van der Waals surface area contributed by atoms with Gasteiger partial charge in [0.25, 0.3) is 0 Å². The van der Waals surface area contributed by atoms with E-state index in [-0.39, 0.29) is 64.6 Å². The fourth-order valence-electron chi connectivity index (χ4n) is 10.2. The van der Waals surface area contributed by atoms with Crippen LogP contribution in [0.4, 0.5) is 0 Å². The van der Waals surface area contributed by atoms with E-state index in [0.29, 0.717) is 31.6 Å². The lowest BCUT2D eigenvalue weighted by atomic mass is 9.44. The van der Waals surface area contributed by atoms with Crippen molar-refractivity contribution in [1.82, 2.24) is 0 Å². The average molecular weight is 547 g/mol.